The quantitative estimate of drug-likeness (QED) is 0.915. The average Bonchev–Trinajstić information content (AvgIpc) is 3.17. The lowest BCUT2D eigenvalue weighted by molar-refractivity contribution is -0.121. The molecule has 1 saturated heterocycles. The molecule has 138 valence electrons. The van der Waals surface area contributed by atoms with E-state index in [2.05, 4.69) is 16.3 Å². The van der Waals surface area contributed by atoms with Crippen molar-refractivity contribution in [3.63, 3.8) is 0 Å². The fraction of sp³-hybridized carbons (Fsp3) is 0.476. The van der Waals surface area contributed by atoms with E-state index in [9.17, 15) is 4.79 Å². The molecule has 1 unspecified atom stereocenters. The van der Waals surface area contributed by atoms with Gasteiger partial charge in [0.1, 0.15) is 17.1 Å². The third-order valence-electron chi connectivity index (χ3n) is 5.74. The van der Waals surface area contributed by atoms with Crippen molar-refractivity contribution in [2.24, 2.45) is 0 Å². The van der Waals surface area contributed by atoms with E-state index in [1.54, 1.807) is 13.3 Å². The minimum Gasteiger partial charge on any atom is -0.487 e. The number of carbonyl (C=O) groups excluding carboxylic acids is 1. The Morgan fingerprint density at radius 2 is 2.04 bits per heavy atom. The minimum atomic E-state index is -0.160. The van der Waals surface area contributed by atoms with Gasteiger partial charge in [-0.3, -0.25) is 9.69 Å². The second kappa shape index (κ2) is 7.16. The lowest BCUT2D eigenvalue weighted by Crippen LogP contribution is -2.50. The van der Waals surface area contributed by atoms with Crippen molar-refractivity contribution < 1.29 is 13.9 Å². The van der Waals surface area contributed by atoms with Gasteiger partial charge in [0, 0.05) is 32.5 Å². The normalized spacial score (nSPS) is 21.8. The van der Waals surface area contributed by atoms with Gasteiger partial charge >= 0.3 is 0 Å². The van der Waals surface area contributed by atoms with Crippen LogP contribution in [0, 0.1) is 0 Å². The number of piperidine rings is 1. The summed E-state index contributed by atoms with van der Waals surface area (Å²) >= 11 is 0. The maximum atomic E-state index is 12.0. The lowest BCUT2D eigenvalue weighted by Gasteiger charge is -2.46. The maximum absolute atomic E-state index is 12.0. The molecule has 1 spiro atoms. The first-order chi connectivity index (χ1) is 12.7. The van der Waals surface area contributed by atoms with Gasteiger partial charge in [0.25, 0.3) is 0 Å². The summed E-state index contributed by atoms with van der Waals surface area (Å²) in [5.41, 5.74) is 1.01. The SMILES string of the molecule is CNC(=O)CC1CC2(CCN(Cc3ccco3)CC2)Oc2ccccc21. The van der Waals surface area contributed by atoms with Crippen LogP contribution < -0.4 is 10.1 Å². The predicted octanol–water partition coefficient (Wildman–Crippen LogP) is 3.32. The molecule has 1 atom stereocenters. The number of likely N-dealkylation sites (tertiary alicyclic amines) is 1. The van der Waals surface area contributed by atoms with Gasteiger partial charge < -0.3 is 14.5 Å². The lowest BCUT2D eigenvalue weighted by atomic mass is 9.76. The second-order valence-electron chi connectivity index (χ2n) is 7.46. The van der Waals surface area contributed by atoms with Crippen LogP contribution in [0.5, 0.6) is 5.75 Å². The van der Waals surface area contributed by atoms with Gasteiger partial charge in [-0.25, -0.2) is 0 Å². The zero-order chi connectivity index (χ0) is 18.0. The van der Waals surface area contributed by atoms with Crippen molar-refractivity contribution in [1.29, 1.82) is 0 Å². The first-order valence-electron chi connectivity index (χ1n) is 9.41. The summed E-state index contributed by atoms with van der Waals surface area (Å²) in [7, 11) is 1.70. The van der Waals surface area contributed by atoms with Crippen LogP contribution in [0.3, 0.4) is 0 Å². The van der Waals surface area contributed by atoms with Crippen molar-refractivity contribution in [2.75, 3.05) is 20.1 Å². The van der Waals surface area contributed by atoms with Crippen LogP contribution in [0.15, 0.2) is 47.1 Å². The molecule has 4 rings (SSSR count). The number of hydrogen-bond acceptors (Lipinski definition) is 4. The van der Waals surface area contributed by atoms with Crippen molar-refractivity contribution in [1.82, 2.24) is 10.2 Å². The maximum Gasteiger partial charge on any atom is 0.220 e. The van der Waals surface area contributed by atoms with Gasteiger partial charge in [0.05, 0.1) is 12.8 Å². The monoisotopic (exact) mass is 354 g/mol. The average molecular weight is 354 g/mol. The second-order valence-corrected chi connectivity index (χ2v) is 7.46. The van der Waals surface area contributed by atoms with Crippen molar-refractivity contribution in [3.05, 3.63) is 54.0 Å². The minimum absolute atomic E-state index is 0.0945. The zero-order valence-electron chi connectivity index (χ0n) is 15.2. The van der Waals surface area contributed by atoms with E-state index in [0.29, 0.717) is 6.42 Å². The highest BCUT2D eigenvalue weighted by Gasteiger charge is 2.43. The largest absolute Gasteiger partial charge is 0.487 e. The Morgan fingerprint density at radius 3 is 2.77 bits per heavy atom. The Hall–Kier alpha value is -2.27. The molecule has 1 N–H and O–H groups in total. The predicted molar refractivity (Wildman–Crippen MR) is 99.1 cm³/mol. The molecular weight excluding hydrogens is 328 g/mol. The number of nitrogens with zero attached hydrogens (tertiary/aromatic N) is 1. The summed E-state index contributed by atoms with van der Waals surface area (Å²) in [6.07, 6.45) is 5.12. The summed E-state index contributed by atoms with van der Waals surface area (Å²) in [5, 5.41) is 2.77. The topological polar surface area (TPSA) is 54.7 Å². The van der Waals surface area contributed by atoms with E-state index < -0.39 is 0 Å². The molecule has 0 saturated carbocycles. The number of amides is 1. The number of ether oxygens (including phenoxy) is 1. The van der Waals surface area contributed by atoms with Crippen LogP contribution >= 0.6 is 0 Å². The van der Waals surface area contributed by atoms with E-state index in [-0.39, 0.29) is 17.4 Å². The standard InChI is InChI=1S/C21H26N2O3/c1-22-20(24)13-16-14-21(26-19-7-3-2-6-18(16)19)8-10-23(11-9-21)15-17-5-4-12-25-17/h2-7,12,16H,8-11,13-15H2,1H3,(H,22,24). The van der Waals surface area contributed by atoms with Gasteiger partial charge in [-0.1, -0.05) is 18.2 Å². The van der Waals surface area contributed by atoms with E-state index >= 15 is 0 Å². The van der Waals surface area contributed by atoms with Crippen molar-refractivity contribution in [3.8, 4) is 5.75 Å². The number of hydrogen-bond donors (Lipinski definition) is 1. The third kappa shape index (κ3) is 3.49. The van der Waals surface area contributed by atoms with E-state index in [4.69, 9.17) is 9.15 Å². The molecule has 3 heterocycles. The summed E-state index contributed by atoms with van der Waals surface area (Å²) in [5.74, 6) is 2.27. The van der Waals surface area contributed by atoms with Crippen LogP contribution in [-0.4, -0.2) is 36.5 Å². The van der Waals surface area contributed by atoms with Crippen molar-refractivity contribution >= 4 is 5.91 Å². The Bertz CT molecular complexity index is 748. The van der Waals surface area contributed by atoms with Crippen LogP contribution in [-0.2, 0) is 11.3 Å². The molecular formula is C21H26N2O3. The summed E-state index contributed by atoms with van der Waals surface area (Å²) in [6, 6.07) is 12.1. The number of carbonyl (C=O) groups is 1. The summed E-state index contributed by atoms with van der Waals surface area (Å²) in [4.78, 5) is 14.4. The smallest absolute Gasteiger partial charge is 0.220 e. The van der Waals surface area contributed by atoms with Gasteiger partial charge in [-0.15, -0.1) is 0 Å². The molecule has 1 aromatic carbocycles. The number of furan rings is 1. The first kappa shape index (κ1) is 17.2. The number of para-hydroxylation sites is 1. The molecule has 1 fully saturated rings. The molecule has 2 aliphatic heterocycles. The fourth-order valence-electron chi connectivity index (χ4n) is 4.30. The molecule has 5 nitrogen and oxygen atoms in total. The Morgan fingerprint density at radius 1 is 1.23 bits per heavy atom. The molecule has 2 aromatic rings. The van der Waals surface area contributed by atoms with Crippen molar-refractivity contribution in [2.45, 2.75) is 43.7 Å². The molecule has 5 heteroatoms. The molecule has 26 heavy (non-hydrogen) atoms. The van der Waals surface area contributed by atoms with Gasteiger partial charge in [0.2, 0.25) is 5.91 Å². The fourth-order valence-corrected chi connectivity index (χ4v) is 4.30. The number of nitrogens with one attached hydrogen (secondary N) is 1. The molecule has 0 aliphatic carbocycles. The van der Waals surface area contributed by atoms with Crippen LogP contribution in [0.4, 0.5) is 0 Å². The molecule has 1 amide bonds. The van der Waals surface area contributed by atoms with E-state index in [1.165, 1.54) is 5.56 Å². The van der Waals surface area contributed by atoms with Gasteiger partial charge in [-0.05, 0) is 43.0 Å². The van der Waals surface area contributed by atoms with Crippen LogP contribution in [0.2, 0.25) is 0 Å². The Labute approximate surface area is 154 Å². The molecule has 0 radical (unpaired) electrons. The van der Waals surface area contributed by atoms with Crippen LogP contribution in [0.1, 0.15) is 42.9 Å². The summed E-state index contributed by atoms with van der Waals surface area (Å²) < 4.78 is 12.0. The highest BCUT2D eigenvalue weighted by molar-refractivity contribution is 5.76. The molecule has 2 aliphatic rings. The van der Waals surface area contributed by atoms with Gasteiger partial charge in [0.15, 0.2) is 0 Å². The summed E-state index contributed by atoms with van der Waals surface area (Å²) in [6.45, 7) is 2.81. The Kier molecular flexibility index (Phi) is 4.72. The third-order valence-corrected chi connectivity index (χ3v) is 5.74. The number of benzene rings is 1. The van der Waals surface area contributed by atoms with E-state index in [0.717, 1.165) is 50.4 Å². The van der Waals surface area contributed by atoms with Crippen LogP contribution in [0.25, 0.3) is 0 Å². The highest BCUT2D eigenvalue weighted by Crippen LogP contribution is 2.46. The number of fused-ring (bicyclic) bond motifs is 1. The molecule has 1 aromatic heterocycles. The Balaban J connectivity index is 1.48. The number of rotatable bonds is 4. The highest BCUT2D eigenvalue weighted by atomic mass is 16.5. The molecule has 0 bridgehead atoms. The van der Waals surface area contributed by atoms with Gasteiger partial charge in [-0.2, -0.15) is 0 Å². The first-order valence-corrected chi connectivity index (χ1v) is 9.41. The van der Waals surface area contributed by atoms with E-state index in [1.807, 2.05) is 30.3 Å². The zero-order valence-corrected chi connectivity index (χ0v) is 15.2.